The van der Waals surface area contributed by atoms with Gasteiger partial charge in [0.2, 0.25) is 0 Å². The van der Waals surface area contributed by atoms with Crippen molar-refractivity contribution < 1.29 is 19.8 Å². The number of thiazole rings is 1. The molecule has 0 saturated heterocycles. The van der Waals surface area contributed by atoms with Crippen LogP contribution in [0.4, 0.5) is 0 Å². The van der Waals surface area contributed by atoms with Gasteiger partial charge < -0.3 is 10.2 Å². The number of carboxylic acid groups (broad SMARTS) is 2. The molecule has 0 aliphatic rings. The number of para-hydroxylation sites is 1. The summed E-state index contributed by atoms with van der Waals surface area (Å²) in [6, 6.07) is 7.68. The van der Waals surface area contributed by atoms with Crippen molar-refractivity contribution in [1.82, 2.24) is 4.98 Å². The van der Waals surface area contributed by atoms with Gasteiger partial charge in [0.1, 0.15) is 0 Å². The lowest BCUT2D eigenvalue weighted by Gasteiger charge is -2.42. The zero-order valence-electron chi connectivity index (χ0n) is 14.7. The molecule has 0 fully saturated rings. The monoisotopic (exact) mass is 381 g/mol. The Labute approximate surface area is 155 Å². The Hall–Kier alpha value is -1.60. The number of fused-ring (bicyclic) bond motifs is 1. The molecular formula is C18H23NO4S2. The quantitative estimate of drug-likeness (QED) is 0.649. The molecule has 7 heteroatoms. The fourth-order valence-electron chi connectivity index (χ4n) is 3.53. The van der Waals surface area contributed by atoms with E-state index in [0.717, 1.165) is 10.2 Å². The van der Waals surface area contributed by atoms with Gasteiger partial charge in [-0.1, -0.05) is 51.6 Å². The van der Waals surface area contributed by atoms with E-state index in [1.807, 2.05) is 52.0 Å². The Morgan fingerprint density at radius 2 is 1.76 bits per heavy atom. The van der Waals surface area contributed by atoms with Crippen LogP contribution in [-0.4, -0.2) is 32.4 Å². The van der Waals surface area contributed by atoms with Crippen LogP contribution in [-0.2, 0) is 9.59 Å². The van der Waals surface area contributed by atoms with Gasteiger partial charge in [-0.3, -0.25) is 9.59 Å². The number of hydrogen-bond donors (Lipinski definition) is 2. The van der Waals surface area contributed by atoms with E-state index < -0.39 is 22.6 Å². The molecule has 0 radical (unpaired) electrons. The van der Waals surface area contributed by atoms with Crippen LogP contribution in [0.2, 0.25) is 0 Å². The maximum Gasteiger partial charge on any atom is 0.311 e. The van der Waals surface area contributed by atoms with Crippen LogP contribution in [0, 0.1) is 17.3 Å². The van der Waals surface area contributed by atoms with Gasteiger partial charge in [-0.05, 0) is 24.0 Å². The molecular weight excluding hydrogens is 358 g/mol. The Kier molecular flexibility index (Phi) is 6.11. The lowest BCUT2D eigenvalue weighted by molar-refractivity contribution is -0.156. The van der Waals surface area contributed by atoms with Crippen molar-refractivity contribution in [2.24, 2.45) is 17.3 Å². The second kappa shape index (κ2) is 7.74. The molecule has 2 aromatic rings. The first-order valence-electron chi connectivity index (χ1n) is 8.17. The summed E-state index contributed by atoms with van der Waals surface area (Å²) < 4.78 is 1.72. The number of thioether (sulfide) groups is 1. The summed E-state index contributed by atoms with van der Waals surface area (Å²) in [6.07, 6.45) is -0.219. The van der Waals surface area contributed by atoms with Crippen LogP contribution in [0.15, 0.2) is 28.6 Å². The molecule has 0 saturated carbocycles. The van der Waals surface area contributed by atoms with Gasteiger partial charge >= 0.3 is 11.9 Å². The molecule has 2 N–H and O–H groups in total. The molecule has 136 valence electrons. The van der Waals surface area contributed by atoms with Crippen LogP contribution in [0.3, 0.4) is 0 Å². The smallest absolute Gasteiger partial charge is 0.311 e. The molecule has 1 aromatic heterocycles. The summed E-state index contributed by atoms with van der Waals surface area (Å²) in [5, 5.41) is 18.8. The lowest BCUT2D eigenvalue weighted by atomic mass is 9.65. The van der Waals surface area contributed by atoms with Crippen LogP contribution in [0.5, 0.6) is 0 Å². The van der Waals surface area contributed by atoms with Crippen molar-refractivity contribution in [3.63, 3.8) is 0 Å². The summed E-state index contributed by atoms with van der Waals surface area (Å²) in [5.41, 5.74) is -0.305. The second-order valence-corrected chi connectivity index (χ2v) is 9.18. The Bertz CT molecular complexity index is 728. The van der Waals surface area contributed by atoms with Crippen LogP contribution < -0.4 is 0 Å². The molecule has 0 aliphatic carbocycles. The van der Waals surface area contributed by atoms with E-state index in [4.69, 9.17) is 0 Å². The summed E-state index contributed by atoms with van der Waals surface area (Å²) >= 11 is 2.75. The minimum Gasteiger partial charge on any atom is -0.481 e. The van der Waals surface area contributed by atoms with Crippen molar-refractivity contribution in [1.29, 1.82) is 0 Å². The first kappa shape index (κ1) is 19.7. The van der Waals surface area contributed by atoms with Crippen molar-refractivity contribution in [2.75, 3.05) is 0 Å². The summed E-state index contributed by atoms with van der Waals surface area (Å²) in [7, 11) is 0. The van der Waals surface area contributed by atoms with E-state index in [1.165, 1.54) is 23.1 Å². The van der Waals surface area contributed by atoms with Gasteiger partial charge in [0.15, 0.2) is 4.34 Å². The number of benzene rings is 1. The van der Waals surface area contributed by atoms with Gasteiger partial charge in [0, 0.05) is 5.25 Å². The van der Waals surface area contributed by atoms with Crippen molar-refractivity contribution in [2.45, 2.75) is 43.7 Å². The summed E-state index contributed by atoms with van der Waals surface area (Å²) in [5.74, 6) is -2.37. The van der Waals surface area contributed by atoms with Gasteiger partial charge in [0.25, 0.3) is 0 Å². The topological polar surface area (TPSA) is 87.5 Å². The second-order valence-electron chi connectivity index (χ2n) is 6.70. The highest BCUT2D eigenvalue weighted by Crippen LogP contribution is 2.49. The largest absolute Gasteiger partial charge is 0.481 e. The zero-order valence-corrected chi connectivity index (χ0v) is 16.4. The molecule has 1 aromatic carbocycles. The van der Waals surface area contributed by atoms with Crippen LogP contribution in [0.25, 0.3) is 10.2 Å². The standard InChI is InChI=1S/C18H23NO4S2/c1-10(2)18(11(3)4,16(22)23)14(9-15(20)21)25-17-19-12-7-5-6-8-13(12)24-17/h5-8,10-11,14H,9H2,1-4H3,(H,20,21)(H,22,23). The number of carboxylic acids is 2. The Morgan fingerprint density at radius 1 is 1.16 bits per heavy atom. The molecule has 0 aliphatic heterocycles. The first-order valence-corrected chi connectivity index (χ1v) is 9.86. The lowest BCUT2D eigenvalue weighted by Crippen LogP contribution is -2.50. The van der Waals surface area contributed by atoms with Gasteiger partial charge in [-0.2, -0.15) is 0 Å². The molecule has 1 heterocycles. The van der Waals surface area contributed by atoms with E-state index in [9.17, 15) is 19.8 Å². The number of hydrogen-bond acceptors (Lipinski definition) is 5. The molecule has 5 nitrogen and oxygen atoms in total. The van der Waals surface area contributed by atoms with Gasteiger partial charge in [-0.15, -0.1) is 11.3 Å². The third-order valence-corrected chi connectivity index (χ3v) is 7.20. The first-order chi connectivity index (χ1) is 11.7. The highest BCUT2D eigenvalue weighted by Gasteiger charge is 2.52. The number of aliphatic carboxylic acids is 2. The third kappa shape index (κ3) is 3.82. The molecule has 0 spiro atoms. The molecule has 0 bridgehead atoms. The van der Waals surface area contributed by atoms with E-state index in [1.54, 1.807) is 0 Å². The normalized spacial score (nSPS) is 13.5. The molecule has 25 heavy (non-hydrogen) atoms. The third-order valence-electron chi connectivity index (χ3n) is 4.69. The van der Waals surface area contributed by atoms with E-state index in [0.29, 0.717) is 4.34 Å². The van der Waals surface area contributed by atoms with Crippen LogP contribution >= 0.6 is 23.1 Å². The predicted molar refractivity (Wildman–Crippen MR) is 101 cm³/mol. The number of carbonyl (C=O) groups is 2. The van der Waals surface area contributed by atoms with Gasteiger partial charge in [-0.25, -0.2) is 4.98 Å². The fourth-order valence-corrected chi connectivity index (χ4v) is 6.50. The van der Waals surface area contributed by atoms with Crippen molar-refractivity contribution >= 4 is 45.3 Å². The van der Waals surface area contributed by atoms with Crippen molar-refractivity contribution in [3.8, 4) is 0 Å². The summed E-state index contributed by atoms with van der Waals surface area (Å²) in [6.45, 7) is 7.40. The van der Waals surface area contributed by atoms with E-state index in [-0.39, 0.29) is 18.3 Å². The molecule has 2 rings (SSSR count). The minimum absolute atomic E-state index is 0.212. The maximum atomic E-state index is 12.3. The molecule has 1 atom stereocenters. The van der Waals surface area contributed by atoms with Crippen molar-refractivity contribution in [3.05, 3.63) is 24.3 Å². The highest BCUT2D eigenvalue weighted by atomic mass is 32.2. The predicted octanol–water partition coefficient (Wildman–Crippen LogP) is 4.61. The SMILES string of the molecule is CC(C)C(C(=O)O)(C(C)C)C(CC(=O)O)Sc1nc2ccccc2s1. The molecule has 0 amide bonds. The van der Waals surface area contributed by atoms with E-state index in [2.05, 4.69) is 4.98 Å². The molecule has 1 unspecified atom stereocenters. The Morgan fingerprint density at radius 3 is 2.24 bits per heavy atom. The number of aromatic nitrogens is 1. The number of rotatable bonds is 8. The maximum absolute atomic E-state index is 12.3. The minimum atomic E-state index is -1.15. The fraction of sp³-hybridized carbons (Fsp3) is 0.500. The van der Waals surface area contributed by atoms with E-state index >= 15 is 0 Å². The van der Waals surface area contributed by atoms with Gasteiger partial charge in [0.05, 0.1) is 22.1 Å². The zero-order chi connectivity index (χ0) is 18.8. The van der Waals surface area contributed by atoms with Crippen LogP contribution in [0.1, 0.15) is 34.1 Å². The highest BCUT2D eigenvalue weighted by molar-refractivity contribution is 8.01. The summed E-state index contributed by atoms with van der Waals surface area (Å²) in [4.78, 5) is 28.3. The Balaban J connectivity index is 2.49. The number of nitrogens with zero attached hydrogens (tertiary/aromatic N) is 1. The average Bonchev–Trinajstić information content (AvgIpc) is 2.87. The average molecular weight is 382 g/mol.